The molecule has 0 spiro atoms. The second kappa shape index (κ2) is 6.98. The molecule has 0 aromatic heterocycles. The number of hydrogen-bond acceptors (Lipinski definition) is 1. The third-order valence-electron chi connectivity index (χ3n) is 4.03. The molecule has 1 aliphatic carbocycles. The monoisotopic (exact) mass is 221 g/mol. The van der Waals surface area contributed by atoms with Gasteiger partial charge in [-0.05, 0) is 44.9 Å². The van der Waals surface area contributed by atoms with Crippen molar-refractivity contribution in [2.75, 3.05) is 13.1 Å². The van der Waals surface area contributed by atoms with E-state index < -0.39 is 0 Å². The highest BCUT2D eigenvalue weighted by Gasteiger charge is 2.13. The molecule has 1 nitrogen and oxygen atoms in total. The number of hydrogen-bond donors (Lipinski definition) is 0. The Balaban J connectivity index is 1.89. The predicted octanol–water partition coefficient (Wildman–Crippen LogP) is 4.49. The fourth-order valence-electron chi connectivity index (χ4n) is 3.00. The Kier molecular flexibility index (Phi) is 5.24. The Hall–Kier alpha value is -0.460. The first kappa shape index (κ1) is 12.0. The molecule has 2 aliphatic rings. The third kappa shape index (κ3) is 3.84. The van der Waals surface area contributed by atoms with Crippen molar-refractivity contribution < 1.29 is 0 Å². The van der Waals surface area contributed by atoms with E-state index >= 15 is 0 Å². The number of allylic oxidation sites excluding steroid dienone is 2. The Morgan fingerprint density at radius 2 is 1.31 bits per heavy atom. The van der Waals surface area contributed by atoms with Gasteiger partial charge in [-0.1, -0.05) is 31.8 Å². The van der Waals surface area contributed by atoms with Crippen molar-refractivity contribution in [2.45, 2.75) is 70.6 Å². The van der Waals surface area contributed by atoms with Gasteiger partial charge in [0.25, 0.3) is 0 Å². The van der Waals surface area contributed by atoms with Crippen molar-refractivity contribution in [3.8, 4) is 0 Å². The maximum absolute atomic E-state index is 2.67. The van der Waals surface area contributed by atoms with Crippen LogP contribution in [-0.4, -0.2) is 18.0 Å². The maximum Gasteiger partial charge on any atom is 0.0174 e. The lowest BCUT2D eigenvalue weighted by molar-refractivity contribution is 0.273. The Morgan fingerprint density at radius 1 is 0.688 bits per heavy atom. The van der Waals surface area contributed by atoms with E-state index in [0.717, 1.165) is 0 Å². The van der Waals surface area contributed by atoms with E-state index in [1.165, 1.54) is 83.7 Å². The van der Waals surface area contributed by atoms with Crippen molar-refractivity contribution in [2.24, 2.45) is 0 Å². The summed E-state index contributed by atoms with van der Waals surface area (Å²) in [6.07, 6.45) is 18.2. The second-order valence-corrected chi connectivity index (χ2v) is 5.40. The van der Waals surface area contributed by atoms with E-state index in [1.54, 1.807) is 5.70 Å². The molecule has 1 fully saturated rings. The molecule has 1 heterocycles. The summed E-state index contributed by atoms with van der Waals surface area (Å²) in [4.78, 5) is 2.67. The van der Waals surface area contributed by atoms with Gasteiger partial charge < -0.3 is 4.90 Å². The zero-order chi connectivity index (χ0) is 11.1. The Labute approximate surface area is 101 Å². The van der Waals surface area contributed by atoms with Crippen molar-refractivity contribution in [3.05, 3.63) is 11.8 Å². The van der Waals surface area contributed by atoms with E-state index in [-0.39, 0.29) is 0 Å². The zero-order valence-corrected chi connectivity index (χ0v) is 10.7. The summed E-state index contributed by atoms with van der Waals surface area (Å²) in [7, 11) is 0. The summed E-state index contributed by atoms with van der Waals surface area (Å²) in [6.45, 7) is 2.65. The van der Waals surface area contributed by atoms with E-state index in [2.05, 4.69) is 11.0 Å². The van der Waals surface area contributed by atoms with Crippen LogP contribution in [0.1, 0.15) is 70.6 Å². The van der Waals surface area contributed by atoms with Crippen LogP contribution in [0.25, 0.3) is 0 Å². The lowest BCUT2D eigenvalue weighted by atomic mass is 10.0. The molecule has 16 heavy (non-hydrogen) atoms. The molecule has 0 saturated carbocycles. The number of piperidine rings is 1. The molecule has 2 rings (SSSR count). The standard InChI is InChI=1S/C15H27N/c1-2-4-7-11-15(12-8-5-3-1)16-13-9-6-10-14-16/h11H,1-10,12-14H2/b15-11+. The van der Waals surface area contributed by atoms with Gasteiger partial charge in [-0.3, -0.25) is 0 Å². The van der Waals surface area contributed by atoms with Crippen LogP contribution in [0.15, 0.2) is 11.8 Å². The largest absolute Gasteiger partial charge is 0.375 e. The van der Waals surface area contributed by atoms with Gasteiger partial charge in [-0.15, -0.1) is 0 Å². The van der Waals surface area contributed by atoms with Crippen LogP contribution >= 0.6 is 0 Å². The minimum atomic E-state index is 1.33. The number of likely N-dealkylation sites (tertiary alicyclic amines) is 1. The van der Waals surface area contributed by atoms with Crippen molar-refractivity contribution >= 4 is 0 Å². The molecule has 1 aliphatic heterocycles. The lowest BCUT2D eigenvalue weighted by Crippen LogP contribution is -2.29. The topological polar surface area (TPSA) is 3.24 Å². The van der Waals surface area contributed by atoms with Gasteiger partial charge in [-0.25, -0.2) is 0 Å². The molecule has 0 aromatic carbocycles. The van der Waals surface area contributed by atoms with Crippen LogP contribution in [-0.2, 0) is 0 Å². The van der Waals surface area contributed by atoms with E-state index in [0.29, 0.717) is 0 Å². The summed E-state index contributed by atoms with van der Waals surface area (Å²) in [5.74, 6) is 0. The molecule has 1 heteroatoms. The summed E-state index contributed by atoms with van der Waals surface area (Å²) in [5.41, 5.74) is 1.68. The van der Waals surface area contributed by atoms with Gasteiger partial charge in [0, 0.05) is 18.8 Å². The molecule has 0 unspecified atom stereocenters. The van der Waals surface area contributed by atoms with Gasteiger partial charge in [0.15, 0.2) is 0 Å². The molecular weight excluding hydrogens is 194 g/mol. The molecule has 92 valence electrons. The number of nitrogens with zero attached hydrogens (tertiary/aromatic N) is 1. The Bertz CT molecular complexity index is 213. The third-order valence-corrected chi connectivity index (χ3v) is 4.03. The first-order chi connectivity index (χ1) is 7.97. The lowest BCUT2D eigenvalue weighted by Gasteiger charge is -2.31. The average Bonchev–Trinajstić information content (AvgIpc) is 2.37. The molecule has 0 radical (unpaired) electrons. The van der Waals surface area contributed by atoms with Crippen molar-refractivity contribution in [1.82, 2.24) is 4.90 Å². The Morgan fingerprint density at radius 3 is 2.12 bits per heavy atom. The van der Waals surface area contributed by atoms with Gasteiger partial charge in [0.2, 0.25) is 0 Å². The van der Waals surface area contributed by atoms with Crippen LogP contribution < -0.4 is 0 Å². The highest BCUT2D eigenvalue weighted by atomic mass is 15.1. The highest BCUT2D eigenvalue weighted by Crippen LogP contribution is 2.22. The molecule has 0 aromatic rings. The van der Waals surface area contributed by atoms with Crippen LogP contribution in [0.3, 0.4) is 0 Å². The summed E-state index contributed by atoms with van der Waals surface area (Å²) in [5, 5.41) is 0. The van der Waals surface area contributed by atoms with E-state index in [9.17, 15) is 0 Å². The van der Waals surface area contributed by atoms with Gasteiger partial charge in [0.1, 0.15) is 0 Å². The summed E-state index contributed by atoms with van der Waals surface area (Å²) < 4.78 is 0. The molecule has 0 bridgehead atoms. The SMILES string of the molecule is C1=C(/N2CCCCC2)CCCCCCCC/1. The molecule has 1 saturated heterocycles. The van der Waals surface area contributed by atoms with Gasteiger partial charge in [-0.2, -0.15) is 0 Å². The summed E-state index contributed by atoms with van der Waals surface area (Å²) >= 11 is 0. The molecule has 0 amide bonds. The predicted molar refractivity (Wildman–Crippen MR) is 70.4 cm³/mol. The summed E-state index contributed by atoms with van der Waals surface area (Å²) in [6, 6.07) is 0. The van der Waals surface area contributed by atoms with Crippen LogP contribution in [0.5, 0.6) is 0 Å². The first-order valence-electron chi connectivity index (χ1n) is 7.41. The zero-order valence-electron chi connectivity index (χ0n) is 10.7. The fraction of sp³-hybridized carbons (Fsp3) is 0.867. The van der Waals surface area contributed by atoms with E-state index in [4.69, 9.17) is 0 Å². The molecule has 0 N–H and O–H groups in total. The minimum Gasteiger partial charge on any atom is -0.375 e. The average molecular weight is 221 g/mol. The molecular formula is C15H27N. The van der Waals surface area contributed by atoms with Crippen molar-refractivity contribution in [3.63, 3.8) is 0 Å². The smallest absolute Gasteiger partial charge is 0.0174 e. The van der Waals surface area contributed by atoms with Gasteiger partial charge in [0.05, 0.1) is 0 Å². The van der Waals surface area contributed by atoms with Crippen LogP contribution in [0.2, 0.25) is 0 Å². The maximum atomic E-state index is 2.67. The van der Waals surface area contributed by atoms with Crippen LogP contribution in [0.4, 0.5) is 0 Å². The number of rotatable bonds is 1. The van der Waals surface area contributed by atoms with Gasteiger partial charge >= 0.3 is 0 Å². The second-order valence-electron chi connectivity index (χ2n) is 5.40. The quantitative estimate of drug-likeness (QED) is 0.630. The minimum absolute atomic E-state index is 1.33. The normalized spacial score (nSPS) is 28.2. The highest BCUT2D eigenvalue weighted by molar-refractivity contribution is 5.02. The van der Waals surface area contributed by atoms with Crippen molar-refractivity contribution in [1.29, 1.82) is 0 Å². The molecule has 0 atom stereocenters. The van der Waals surface area contributed by atoms with E-state index in [1.807, 2.05) is 0 Å². The van der Waals surface area contributed by atoms with Crippen LogP contribution in [0, 0.1) is 0 Å². The first-order valence-corrected chi connectivity index (χ1v) is 7.41. The fourth-order valence-corrected chi connectivity index (χ4v) is 3.00.